The summed E-state index contributed by atoms with van der Waals surface area (Å²) in [6, 6.07) is 14.0. The van der Waals surface area contributed by atoms with E-state index in [2.05, 4.69) is 41.5 Å². The Morgan fingerprint density at radius 1 is 1.09 bits per heavy atom. The van der Waals surface area contributed by atoms with Crippen LogP contribution in [0, 0.1) is 6.92 Å². The molecule has 0 radical (unpaired) electrons. The molecule has 1 aromatic heterocycles. The largest absolute Gasteiger partial charge is 0.306 e. The predicted octanol–water partition coefficient (Wildman–Crippen LogP) is 5.72. The third-order valence-electron chi connectivity index (χ3n) is 3.46. The molecule has 0 bridgehead atoms. The smallest absolute Gasteiger partial charge is 0.107 e. The van der Waals surface area contributed by atoms with Crippen molar-refractivity contribution in [2.45, 2.75) is 20.0 Å². The fourth-order valence-electron chi connectivity index (χ4n) is 2.29. The van der Waals surface area contributed by atoms with Crippen molar-refractivity contribution in [3.63, 3.8) is 0 Å². The van der Waals surface area contributed by atoms with Crippen LogP contribution in [0.2, 0.25) is 10.0 Å². The van der Waals surface area contributed by atoms with E-state index in [1.54, 1.807) is 17.4 Å². The zero-order chi connectivity index (χ0) is 16.2. The summed E-state index contributed by atoms with van der Waals surface area (Å²) < 4.78 is 0. The van der Waals surface area contributed by atoms with Crippen LogP contribution in [0.1, 0.15) is 16.1 Å². The Balaban J connectivity index is 1.61. The van der Waals surface area contributed by atoms with Gasteiger partial charge in [0, 0.05) is 29.3 Å². The van der Waals surface area contributed by atoms with Gasteiger partial charge in [0.05, 0.1) is 4.88 Å². The van der Waals surface area contributed by atoms with Gasteiger partial charge in [-0.1, -0.05) is 59.1 Å². The first-order valence-corrected chi connectivity index (χ1v) is 8.85. The van der Waals surface area contributed by atoms with Gasteiger partial charge < -0.3 is 5.32 Å². The molecule has 0 aliphatic rings. The fraction of sp³-hybridized carbons (Fsp3) is 0.167. The van der Waals surface area contributed by atoms with Gasteiger partial charge in [0.25, 0.3) is 0 Å². The van der Waals surface area contributed by atoms with Gasteiger partial charge in [0.2, 0.25) is 0 Å². The molecule has 23 heavy (non-hydrogen) atoms. The number of thiazole rings is 1. The molecule has 0 unspecified atom stereocenters. The Morgan fingerprint density at radius 2 is 1.96 bits per heavy atom. The third-order valence-corrected chi connectivity index (χ3v) is 5.10. The minimum atomic E-state index is 0.654. The number of halogens is 2. The molecule has 0 fully saturated rings. The maximum absolute atomic E-state index is 6.17. The summed E-state index contributed by atoms with van der Waals surface area (Å²) in [7, 11) is 0. The summed E-state index contributed by atoms with van der Waals surface area (Å²) >= 11 is 13.8. The first-order valence-electron chi connectivity index (χ1n) is 7.28. The van der Waals surface area contributed by atoms with Crippen LogP contribution in [0.15, 0.2) is 48.7 Å². The highest BCUT2D eigenvalue weighted by Crippen LogP contribution is 2.27. The Labute approximate surface area is 150 Å². The molecule has 0 spiro atoms. The summed E-state index contributed by atoms with van der Waals surface area (Å²) in [6.45, 7) is 3.51. The van der Waals surface area contributed by atoms with E-state index in [1.807, 2.05) is 18.3 Å². The van der Waals surface area contributed by atoms with E-state index in [4.69, 9.17) is 23.2 Å². The van der Waals surface area contributed by atoms with E-state index in [-0.39, 0.29) is 0 Å². The average Bonchev–Trinajstić information content (AvgIpc) is 2.98. The van der Waals surface area contributed by atoms with E-state index < -0.39 is 0 Å². The first-order chi connectivity index (χ1) is 11.1. The van der Waals surface area contributed by atoms with E-state index in [0.29, 0.717) is 16.6 Å². The molecule has 2 aromatic carbocycles. The minimum absolute atomic E-state index is 0.654. The van der Waals surface area contributed by atoms with Crippen LogP contribution in [0.25, 0.3) is 10.4 Å². The maximum Gasteiger partial charge on any atom is 0.107 e. The van der Waals surface area contributed by atoms with Crippen molar-refractivity contribution in [1.82, 2.24) is 10.3 Å². The van der Waals surface area contributed by atoms with Gasteiger partial charge in [0.15, 0.2) is 0 Å². The Hall–Kier alpha value is -1.39. The molecule has 5 heteroatoms. The lowest BCUT2D eigenvalue weighted by molar-refractivity contribution is 0.690. The van der Waals surface area contributed by atoms with Gasteiger partial charge >= 0.3 is 0 Å². The average molecular weight is 363 g/mol. The summed E-state index contributed by atoms with van der Waals surface area (Å²) in [5.74, 6) is 0. The van der Waals surface area contributed by atoms with Crippen molar-refractivity contribution in [1.29, 1.82) is 0 Å². The van der Waals surface area contributed by atoms with E-state index in [1.165, 1.54) is 16.0 Å². The van der Waals surface area contributed by atoms with Crippen molar-refractivity contribution < 1.29 is 0 Å². The predicted molar refractivity (Wildman–Crippen MR) is 99.3 cm³/mol. The molecule has 0 atom stereocenters. The molecule has 1 N–H and O–H groups in total. The number of hydrogen-bond acceptors (Lipinski definition) is 3. The molecule has 0 saturated carbocycles. The summed E-state index contributed by atoms with van der Waals surface area (Å²) in [6.07, 6.45) is 1.94. The van der Waals surface area contributed by atoms with Crippen LogP contribution < -0.4 is 5.32 Å². The standard InChI is InChI=1S/C18H16Cl2N2S/c1-12-3-2-4-13(7-12)17-10-22-18(23-17)11-21-9-14-5-6-15(19)8-16(14)20/h2-8,10,21H,9,11H2,1H3. The second kappa shape index (κ2) is 7.45. The van der Waals surface area contributed by atoms with Crippen molar-refractivity contribution in [3.05, 3.63) is 74.8 Å². The SMILES string of the molecule is Cc1cccc(-c2cnc(CNCc3ccc(Cl)cc3Cl)s2)c1. The quantitative estimate of drug-likeness (QED) is 0.628. The molecular weight excluding hydrogens is 347 g/mol. The van der Waals surface area contributed by atoms with Crippen LogP contribution in [-0.2, 0) is 13.1 Å². The molecule has 118 valence electrons. The zero-order valence-electron chi connectivity index (χ0n) is 12.6. The normalized spacial score (nSPS) is 10.9. The number of benzene rings is 2. The monoisotopic (exact) mass is 362 g/mol. The summed E-state index contributed by atoms with van der Waals surface area (Å²) in [5, 5.41) is 5.78. The highest BCUT2D eigenvalue weighted by Gasteiger charge is 2.06. The van der Waals surface area contributed by atoms with E-state index in [0.717, 1.165) is 17.1 Å². The molecule has 0 amide bonds. The lowest BCUT2D eigenvalue weighted by atomic mass is 10.1. The van der Waals surface area contributed by atoms with Crippen molar-refractivity contribution >= 4 is 34.5 Å². The zero-order valence-corrected chi connectivity index (χ0v) is 15.0. The molecule has 0 aliphatic carbocycles. The lowest BCUT2D eigenvalue weighted by Crippen LogP contribution is -2.12. The van der Waals surface area contributed by atoms with Crippen LogP contribution in [0.3, 0.4) is 0 Å². The highest BCUT2D eigenvalue weighted by atomic mass is 35.5. The van der Waals surface area contributed by atoms with Crippen LogP contribution in [0.5, 0.6) is 0 Å². The highest BCUT2D eigenvalue weighted by molar-refractivity contribution is 7.15. The van der Waals surface area contributed by atoms with Gasteiger partial charge in [-0.25, -0.2) is 4.98 Å². The summed E-state index contributed by atoms with van der Waals surface area (Å²) in [4.78, 5) is 5.68. The number of nitrogens with one attached hydrogen (secondary N) is 1. The van der Waals surface area contributed by atoms with Crippen molar-refractivity contribution in [3.8, 4) is 10.4 Å². The van der Waals surface area contributed by atoms with Crippen LogP contribution >= 0.6 is 34.5 Å². The van der Waals surface area contributed by atoms with E-state index >= 15 is 0 Å². The van der Waals surface area contributed by atoms with Crippen LogP contribution in [0.4, 0.5) is 0 Å². The molecule has 1 heterocycles. The molecule has 0 saturated heterocycles. The van der Waals surface area contributed by atoms with E-state index in [9.17, 15) is 0 Å². The molecule has 2 nitrogen and oxygen atoms in total. The Morgan fingerprint density at radius 3 is 2.74 bits per heavy atom. The first kappa shape index (κ1) is 16.5. The number of rotatable bonds is 5. The topological polar surface area (TPSA) is 24.9 Å². The Bertz CT molecular complexity index is 814. The van der Waals surface area contributed by atoms with Crippen molar-refractivity contribution in [2.75, 3.05) is 0 Å². The van der Waals surface area contributed by atoms with Crippen LogP contribution in [-0.4, -0.2) is 4.98 Å². The molecule has 3 aromatic rings. The lowest BCUT2D eigenvalue weighted by Gasteiger charge is -2.05. The molecular formula is C18H16Cl2N2S. The molecule has 3 rings (SSSR count). The van der Waals surface area contributed by atoms with Gasteiger partial charge in [0.1, 0.15) is 5.01 Å². The van der Waals surface area contributed by atoms with Gasteiger partial charge in [-0.15, -0.1) is 11.3 Å². The fourth-order valence-corrected chi connectivity index (χ4v) is 3.65. The second-order valence-electron chi connectivity index (χ2n) is 5.33. The van der Waals surface area contributed by atoms with Crippen molar-refractivity contribution in [2.24, 2.45) is 0 Å². The van der Waals surface area contributed by atoms with Gasteiger partial charge in [-0.05, 0) is 30.2 Å². The van der Waals surface area contributed by atoms with Gasteiger partial charge in [-0.2, -0.15) is 0 Å². The Kier molecular flexibility index (Phi) is 5.34. The minimum Gasteiger partial charge on any atom is -0.306 e. The number of nitrogens with zero attached hydrogens (tertiary/aromatic N) is 1. The van der Waals surface area contributed by atoms with Gasteiger partial charge in [-0.3, -0.25) is 0 Å². The molecule has 0 aliphatic heterocycles. The third kappa shape index (κ3) is 4.33. The number of aryl methyl sites for hydroxylation is 1. The summed E-state index contributed by atoms with van der Waals surface area (Å²) in [5.41, 5.74) is 3.51. The number of aromatic nitrogens is 1. The maximum atomic E-state index is 6.17. The number of hydrogen-bond donors (Lipinski definition) is 1. The second-order valence-corrected chi connectivity index (χ2v) is 7.29.